The Balaban J connectivity index is 1.66. The number of hydrogen-bond acceptors (Lipinski definition) is 2. The van der Waals surface area contributed by atoms with Gasteiger partial charge in [-0.05, 0) is 81.6 Å². The number of benzene rings is 3. The number of rotatable bonds is 5. The molecule has 33 heavy (non-hydrogen) atoms. The third-order valence-electron chi connectivity index (χ3n) is 8.16. The van der Waals surface area contributed by atoms with Crippen LogP contribution in [0.15, 0.2) is 78.9 Å². The SMILES string of the molecule is COc1cccc(C2(c3[nH]c4ccccc4c3C)CCC(c3ccccc3)(N(C)C)CC2)c1. The number of para-hydroxylation sites is 1. The van der Waals surface area contributed by atoms with Crippen molar-refractivity contribution in [3.63, 3.8) is 0 Å². The summed E-state index contributed by atoms with van der Waals surface area (Å²) in [6, 6.07) is 28.5. The molecule has 0 spiro atoms. The zero-order chi connectivity index (χ0) is 23.1. The monoisotopic (exact) mass is 438 g/mol. The zero-order valence-electron chi connectivity index (χ0n) is 20.2. The van der Waals surface area contributed by atoms with Crippen molar-refractivity contribution >= 4 is 10.9 Å². The van der Waals surface area contributed by atoms with Gasteiger partial charge in [0.2, 0.25) is 0 Å². The van der Waals surface area contributed by atoms with E-state index >= 15 is 0 Å². The molecular formula is C30H34N2O. The molecule has 0 atom stereocenters. The molecule has 5 rings (SSSR count). The number of hydrogen-bond donors (Lipinski definition) is 1. The summed E-state index contributed by atoms with van der Waals surface area (Å²) < 4.78 is 5.65. The first-order valence-electron chi connectivity index (χ1n) is 12.0. The van der Waals surface area contributed by atoms with Crippen LogP contribution in [-0.4, -0.2) is 31.1 Å². The quantitative estimate of drug-likeness (QED) is 0.371. The lowest BCUT2D eigenvalue weighted by Gasteiger charge is -2.50. The second-order valence-electron chi connectivity index (χ2n) is 9.78. The lowest BCUT2D eigenvalue weighted by Crippen LogP contribution is -2.48. The number of nitrogens with zero attached hydrogens (tertiary/aromatic N) is 1. The Bertz CT molecular complexity index is 1250. The number of ether oxygens (including phenoxy) is 1. The van der Waals surface area contributed by atoms with E-state index in [4.69, 9.17) is 4.74 Å². The van der Waals surface area contributed by atoms with Crippen molar-refractivity contribution in [1.82, 2.24) is 9.88 Å². The number of aromatic nitrogens is 1. The van der Waals surface area contributed by atoms with Crippen LogP contribution < -0.4 is 4.74 Å². The van der Waals surface area contributed by atoms with Crippen molar-refractivity contribution in [2.75, 3.05) is 21.2 Å². The normalized spacial score (nSPS) is 23.2. The van der Waals surface area contributed by atoms with Gasteiger partial charge in [-0.2, -0.15) is 0 Å². The van der Waals surface area contributed by atoms with E-state index in [0.29, 0.717) is 0 Å². The van der Waals surface area contributed by atoms with Gasteiger partial charge in [0, 0.05) is 27.6 Å². The molecule has 1 aliphatic carbocycles. The minimum atomic E-state index is -0.0774. The summed E-state index contributed by atoms with van der Waals surface area (Å²) in [4.78, 5) is 6.29. The zero-order valence-corrected chi connectivity index (χ0v) is 20.2. The maximum absolute atomic E-state index is 5.65. The van der Waals surface area contributed by atoms with Gasteiger partial charge in [-0.3, -0.25) is 4.90 Å². The van der Waals surface area contributed by atoms with Gasteiger partial charge < -0.3 is 9.72 Å². The van der Waals surface area contributed by atoms with Crippen molar-refractivity contribution in [2.24, 2.45) is 0 Å². The molecule has 1 aliphatic rings. The first-order chi connectivity index (χ1) is 16.0. The summed E-state index contributed by atoms with van der Waals surface area (Å²) in [7, 11) is 6.23. The van der Waals surface area contributed by atoms with Crippen LogP contribution in [0.5, 0.6) is 5.75 Å². The molecule has 1 N–H and O–H groups in total. The largest absolute Gasteiger partial charge is 0.497 e. The van der Waals surface area contributed by atoms with Gasteiger partial charge in [-0.15, -0.1) is 0 Å². The van der Waals surface area contributed by atoms with Gasteiger partial charge in [0.15, 0.2) is 0 Å². The number of methoxy groups -OCH3 is 1. The number of H-pyrrole nitrogens is 1. The van der Waals surface area contributed by atoms with Crippen LogP contribution in [0.4, 0.5) is 0 Å². The Hall–Kier alpha value is -3.04. The maximum Gasteiger partial charge on any atom is 0.119 e. The summed E-state index contributed by atoms with van der Waals surface area (Å²) in [6.45, 7) is 2.28. The number of fused-ring (bicyclic) bond motifs is 1. The molecule has 0 amide bonds. The second kappa shape index (κ2) is 8.39. The molecule has 1 aromatic heterocycles. The molecule has 0 unspecified atom stereocenters. The van der Waals surface area contributed by atoms with Crippen LogP contribution in [0, 0.1) is 6.92 Å². The van der Waals surface area contributed by atoms with Crippen molar-refractivity contribution in [1.29, 1.82) is 0 Å². The average Bonchev–Trinajstić information content (AvgIpc) is 3.21. The van der Waals surface area contributed by atoms with Gasteiger partial charge in [-0.1, -0.05) is 60.7 Å². The molecular weight excluding hydrogens is 404 g/mol. The van der Waals surface area contributed by atoms with Crippen LogP contribution in [0.1, 0.15) is 48.1 Å². The first kappa shape index (κ1) is 21.8. The standard InChI is InChI=1S/C30H34N2O/c1-22-26-15-8-9-16-27(26)31-28(22)29(24-13-10-14-25(21-24)33-4)17-19-30(20-18-29,32(2)3)23-11-6-5-7-12-23/h5-16,21,31H,17-20H2,1-4H3. The molecule has 0 saturated heterocycles. The second-order valence-corrected chi connectivity index (χ2v) is 9.78. The Kier molecular flexibility index (Phi) is 5.54. The van der Waals surface area contributed by atoms with Gasteiger partial charge in [-0.25, -0.2) is 0 Å². The van der Waals surface area contributed by atoms with E-state index in [2.05, 4.69) is 104 Å². The molecule has 0 bridgehead atoms. The fourth-order valence-electron chi connectivity index (χ4n) is 6.20. The third-order valence-corrected chi connectivity index (χ3v) is 8.16. The highest BCUT2D eigenvalue weighted by Crippen LogP contribution is 2.53. The summed E-state index contributed by atoms with van der Waals surface area (Å²) >= 11 is 0. The summed E-state index contributed by atoms with van der Waals surface area (Å²) in [5, 5.41) is 1.32. The van der Waals surface area contributed by atoms with E-state index in [0.717, 1.165) is 31.4 Å². The Morgan fingerprint density at radius 1 is 0.788 bits per heavy atom. The predicted octanol–water partition coefficient (Wildman–Crippen LogP) is 6.80. The van der Waals surface area contributed by atoms with Gasteiger partial charge in [0.1, 0.15) is 5.75 Å². The fraction of sp³-hybridized carbons (Fsp3) is 0.333. The summed E-state index contributed by atoms with van der Waals surface area (Å²) in [6.07, 6.45) is 4.33. The predicted molar refractivity (Wildman–Crippen MR) is 137 cm³/mol. The minimum absolute atomic E-state index is 0.0452. The molecule has 1 fully saturated rings. The van der Waals surface area contributed by atoms with Gasteiger partial charge >= 0.3 is 0 Å². The van der Waals surface area contributed by atoms with E-state index < -0.39 is 0 Å². The fourth-order valence-corrected chi connectivity index (χ4v) is 6.20. The minimum Gasteiger partial charge on any atom is -0.497 e. The molecule has 1 heterocycles. The maximum atomic E-state index is 5.65. The highest BCUT2D eigenvalue weighted by Gasteiger charge is 2.48. The molecule has 1 saturated carbocycles. The molecule has 3 heteroatoms. The van der Waals surface area contributed by atoms with Crippen LogP contribution in [0.3, 0.4) is 0 Å². The molecule has 0 aliphatic heterocycles. The van der Waals surface area contributed by atoms with E-state index in [9.17, 15) is 0 Å². The first-order valence-corrected chi connectivity index (χ1v) is 12.0. The number of aromatic amines is 1. The smallest absolute Gasteiger partial charge is 0.119 e. The molecule has 4 aromatic rings. The summed E-state index contributed by atoms with van der Waals surface area (Å²) in [5.74, 6) is 0.924. The average molecular weight is 439 g/mol. The van der Waals surface area contributed by atoms with Crippen LogP contribution >= 0.6 is 0 Å². The Morgan fingerprint density at radius 3 is 2.12 bits per heavy atom. The van der Waals surface area contributed by atoms with Crippen molar-refractivity contribution in [3.8, 4) is 5.75 Å². The van der Waals surface area contributed by atoms with E-state index in [1.807, 2.05) is 6.07 Å². The molecule has 0 radical (unpaired) electrons. The van der Waals surface area contributed by atoms with Crippen LogP contribution in [0.25, 0.3) is 10.9 Å². The van der Waals surface area contributed by atoms with Crippen molar-refractivity contribution in [2.45, 2.75) is 43.6 Å². The third kappa shape index (κ3) is 3.46. The van der Waals surface area contributed by atoms with Crippen LogP contribution in [-0.2, 0) is 11.0 Å². The number of nitrogens with one attached hydrogen (secondary N) is 1. The molecule has 170 valence electrons. The highest BCUT2D eigenvalue weighted by molar-refractivity contribution is 5.85. The topological polar surface area (TPSA) is 28.3 Å². The lowest BCUT2D eigenvalue weighted by molar-refractivity contribution is 0.0737. The van der Waals surface area contributed by atoms with Crippen molar-refractivity contribution < 1.29 is 4.74 Å². The summed E-state index contributed by atoms with van der Waals surface area (Å²) in [5.41, 5.74) is 6.68. The number of aryl methyl sites for hydroxylation is 1. The van der Waals surface area contributed by atoms with Crippen molar-refractivity contribution in [3.05, 3.63) is 101 Å². The van der Waals surface area contributed by atoms with E-state index in [1.165, 1.54) is 33.3 Å². The van der Waals surface area contributed by atoms with E-state index in [1.54, 1.807) is 7.11 Å². The Labute approximate surface area is 197 Å². The Morgan fingerprint density at radius 2 is 1.45 bits per heavy atom. The highest BCUT2D eigenvalue weighted by atomic mass is 16.5. The van der Waals surface area contributed by atoms with Crippen LogP contribution in [0.2, 0.25) is 0 Å². The van der Waals surface area contributed by atoms with E-state index in [-0.39, 0.29) is 11.0 Å². The lowest BCUT2D eigenvalue weighted by atomic mass is 9.60. The molecule has 3 aromatic carbocycles. The van der Waals surface area contributed by atoms with Gasteiger partial charge in [0.25, 0.3) is 0 Å². The van der Waals surface area contributed by atoms with Gasteiger partial charge in [0.05, 0.1) is 7.11 Å². The molecule has 3 nitrogen and oxygen atoms in total.